The Morgan fingerprint density at radius 1 is 0.902 bits per heavy atom. The smallest absolute Gasteiger partial charge is 0.309 e. The van der Waals surface area contributed by atoms with E-state index in [2.05, 4.69) is 71.9 Å². The van der Waals surface area contributed by atoms with Crippen LogP contribution in [0.25, 0.3) is 0 Å². The van der Waals surface area contributed by atoms with Crippen LogP contribution in [0.2, 0.25) is 0 Å². The maximum atomic E-state index is 14.5. The van der Waals surface area contributed by atoms with E-state index in [9.17, 15) is 14.7 Å². The van der Waals surface area contributed by atoms with Gasteiger partial charge in [-0.15, -0.1) is 0 Å². The zero-order valence-corrected chi connectivity index (χ0v) is 26.5. The molecule has 4 saturated carbocycles. The van der Waals surface area contributed by atoms with Gasteiger partial charge in [-0.25, -0.2) is 0 Å². The molecule has 1 aromatic carbocycles. The second-order valence-corrected chi connectivity index (χ2v) is 16.7. The van der Waals surface area contributed by atoms with Gasteiger partial charge < -0.3 is 9.84 Å². The third-order valence-electron chi connectivity index (χ3n) is 14.3. The average molecular weight is 561 g/mol. The lowest BCUT2D eigenvalue weighted by atomic mass is 9.33. The molecule has 0 aliphatic heterocycles. The van der Waals surface area contributed by atoms with Gasteiger partial charge in [0, 0.05) is 5.92 Å². The summed E-state index contributed by atoms with van der Waals surface area (Å²) in [5.41, 5.74) is 1.59. The molecular formula is C37H52O4. The molecule has 1 N–H and O–H groups in total. The van der Waals surface area contributed by atoms with Crippen molar-refractivity contribution in [3.05, 3.63) is 47.5 Å². The average Bonchev–Trinajstić information content (AvgIpc) is 2.90. The molecule has 0 heterocycles. The van der Waals surface area contributed by atoms with Crippen LogP contribution in [0.3, 0.4) is 0 Å². The SMILES string of the molecule is CC1(C)C2CC[C@]3(C)C(C(=O)C=C4C5C[C@@](C)(C(=O)O)CC[C@]5(C)CC[C@]43C)[C@@]2(C)CC[C@@H]1OCc1ccccc1. The molecule has 0 saturated heterocycles. The first-order valence-electron chi connectivity index (χ1n) is 16.3. The first-order valence-corrected chi connectivity index (χ1v) is 16.3. The maximum Gasteiger partial charge on any atom is 0.309 e. The van der Waals surface area contributed by atoms with Crippen molar-refractivity contribution in [1.82, 2.24) is 0 Å². The normalized spacial score (nSPS) is 46.8. The van der Waals surface area contributed by atoms with E-state index >= 15 is 0 Å². The topological polar surface area (TPSA) is 63.6 Å². The maximum absolute atomic E-state index is 14.5. The number of carbonyl (C=O) groups is 2. The van der Waals surface area contributed by atoms with Gasteiger partial charge in [0.1, 0.15) is 0 Å². The van der Waals surface area contributed by atoms with Gasteiger partial charge in [-0.2, -0.15) is 0 Å². The minimum atomic E-state index is -0.712. The lowest BCUT2D eigenvalue weighted by Crippen LogP contribution is -2.66. The predicted octanol–water partition coefficient (Wildman–Crippen LogP) is 8.64. The zero-order chi connectivity index (χ0) is 29.6. The monoisotopic (exact) mass is 560 g/mol. The van der Waals surface area contributed by atoms with E-state index in [1.165, 1.54) is 11.1 Å². The first-order chi connectivity index (χ1) is 19.1. The molecular weight excluding hydrogens is 508 g/mol. The van der Waals surface area contributed by atoms with Crippen molar-refractivity contribution in [3.63, 3.8) is 0 Å². The minimum absolute atomic E-state index is 0.00403. The molecule has 6 rings (SSSR count). The highest BCUT2D eigenvalue weighted by molar-refractivity contribution is 5.95. The molecule has 9 atom stereocenters. The number of hydrogen-bond acceptors (Lipinski definition) is 3. The standard InChI is InChI=1S/C37H52O4/c1-32(2)28-13-16-37(7)30(35(28,5)15-14-29(32)41-23-24-11-9-8-10-12-24)27(38)21-25-26-22-34(4,31(39)40)18-17-33(26,3)19-20-36(25,37)6/h8-12,21,26,28-30H,13-20,22-23H2,1-7H3,(H,39,40)/t26?,28?,29-,30?,33+,34-,35-,36+,37+/m0/s1. The summed E-state index contributed by atoms with van der Waals surface area (Å²) in [6.07, 6.45) is 11.0. The lowest BCUT2D eigenvalue weighted by Gasteiger charge is -2.70. The number of carbonyl (C=O) groups excluding carboxylic acids is 1. The Kier molecular flexibility index (Phi) is 6.60. The van der Waals surface area contributed by atoms with E-state index in [0.29, 0.717) is 24.7 Å². The van der Waals surface area contributed by atoms with Gasteiger partial charge in [0.25, 0.3) is 0 Å². The van der Waals surface area contributed by atoms with Crippen LogP contribution >= 0.6 is 0 Å². The second kappa shape index (κ2) is 9.28. The highest BCUT2D eigenvalue weighted by Gasteiger charge is 2.70. The zero-order valence-electron chi connectivity index (χ0n) is 26.5. The molecule has 3 unspecified atom stereocenters. The number of carboxylic acid groups (broad SMARTS) is 1. The molecule has 224 valence electrons. The Morgan fingerprint density at radius 2 is 1.59 bits per heavy atom. The van der Waals surface area contributed by atoms with Crippen LogP contribution in [0.4, 0.5) is 0 Å². The molecule has 4 nitrogen and oxygen atoms in total. The van der Waals surface area contributed by atoms with Gasteiger partial charge in [-0.05, 0) is 115 Å². The van der Waals surface area contributed by atoms with Gasteiger partial charge in [0.05, 0.1) is 18.1 Å². The highest BCUT2D eigenvalue weighted by Crippen LogP contribution is 2.75. The third-order valence-corrected chi connectivity index (χ3v) is 14.3. The molecule has 0 bridgehead atoms. The number of ether oxygens (including phenoxy) is 1. The fourth-order valence-electron chi connectivity index (χ4n) is 11.4. The number of carboxylic acids is 1. The quantitative estimate of drug-likeness (QED) is 0.400. The Morgan fingerprint density at radius 3 is 2.27 bits per heavy atom. The Balaban J connectivity index is 1.34. The van der Waals surface area contributed by atoms with Gasteiger partial charge >= 0.3 is 5.97 Å². The molecule has 4 fully saturated rings. The van der Waals surface area contributed by atoms with E-state index in [4.69, 9.17) is 4.74 Å². The molecule has 0 aromatic heterocycles. The fraction of sp³-hybridized carbons (Fsp3) is 0.730. The number of rotatable bonds is 4. The van der Waals surface area contributed by atoms with E-state index in [0.717, 1.165) is 51.4 Å². The molecule has 0 spiro atoms. The van der Waals surface area contributed by atoms with Crippen molar-refractivity contribution < 1.29 is 19.4 Å². The van der Waals surface area contributed by atoms with Gasteiger partial charge in [0.15, 0.2) is 5.78 Å². The van der Waals surface area contributed by atoms with Crippen molar-refractivity contribution in [3.8, 4) is 0 Å². The van der Waals surface area contributed by atoms with Crippen molar-refractivity contribution in [1.29, 1.82) is 0 Å². The molecule has 5 aliphatic carbocycles. The number of ketones is 1. The summed E-state index contributed by atoms with van der Waals surface area (Å²) in [5, 5.41) is 10.2. The van der Waals surface area contributed by atoms with Crippen LogP contribution in [-0.2, 0) is 20.9 Å². The summed E-state index contributed by atoms with van der Waals surface area (Å²) in [6.45, 7) is 17.1. The van der Waals surface area contributed by atoms with Crippen molar-refractivity contribution in [2.45, 2.75) is 119 Å². The van der Waals surface area contributed by atoms with Crippen LogP contribution in [0.1, 0.15) is 112 Å². The van der Waals surface area contributed by atoms with Gasteiger partial charge in [-0.3, -0.25) is 9.59 Å². The van der Waals surface area contributed by atoms with Crippen molar-refractivity contribution in [2.75, 3.05) is 0 Å². The van der Waals surface area contributed by atoms with Crippen molar-refractivity contribution in [2.24, 2.45) is 50.2 Å². The number of allylic oxidation sites excluding steroid dienone is 2. The largest absolute Gasteiger partial charge is 0.481 e. The Labute approximate surface area is 247 Å². The van der Waals surface area contributed by atoms with Crippen LogP contribution in [0.5, 0.6) is 0 Å². The van der Waals surface area contributed by atoms with Crippen molar-refractivity contribution >= 4 is 11.8 Å². The highest BCUT2D eigenvalue weighted by atomic mass is 16.5. The molecule has 0 radical (unpaired) electrons. The summed E-state index contributed by atoms with van der Waals surface area (Å²) in [7, 11) is 0. The molecule has 0 amide bonds. The van der Waals surface area contributed by atoms with E-state index in [1.807, 2.05) is 13.0 Å². The van der Waals surface area contributed by atoms with Crippen LogP contribution in [-0.4, -0.2) is 23.0 Å². The summed E-state index contributed by atoms with van der Waals surface area (Å²) >= 11 is 0. The number of aliphatic carboxylic acids is 1. The van der Waals surface area contributed by atoms with Crippen LogP contribution in [0.15, 0.2) is 42.0 Å². The first kappa shape index (κ1) is 29.1. The van der Waals surface area contributed by atoms with Crippen LogP contribution in [0, 0.1) is 50.2 Å². The number of hydrogen-bond donors (Lipinski definition) is 1. The van der Waals surface area contributed by atoms with E-state index in [-0.39, 0.29) is 45.0 Å². The second-order valence-electron chi connectivity index (χ2n) is 16.7. The third kappa shape index (κ3) is 4.01. The summed E-state index contributed by atoms with van der Waals surface area (Å²) in [5.74, 6) is 0.222. The molecule has 5 aliphatic rings. The van der Waals surface area contributed by atoms with E-state index in [1.54, 1.807) is 0 Å². The molecule has 4 heteroatoms. The predicted molar refractivity (Wildman–Crippen MR) is 162 cm³/mol. The Bertz CT molecular complexity index is 1260. The summed E-state index contributed by atoms with van der Waals surface area (Å²) in [4.78, 5) is 26.9. The minimum Gasteiger partial charge on any atom is -0.481 e. The lowest BCUT2D eigenvalue weighted by molar-refractivity contribution is -0.211. The summed E-state index contributed by atoms with van der Waals surface area (Å²) in [6, 6.07) is 10.5. The van der Waals surface area contributed by atoms with Gasteiger partial charge in [0.2, 0.25) is 0 Å². The molecule has 41 heavy (non-hydrogen) atoms. The number of fused-ring (bicyclic) bond motifs is 7. The van der Waals surface area contributed by atoms with E-state index < -0.39 is 11.4 Å². The van der Waals surface area contributed by atoms with Crippen LogP contribution < -0.4 is 0 Å². The Hall–Kier alpha value is -1.94. The molecule has 1 aromatic rings. The fourth-order valence-corrected chi connectivity index (χ4v) is 11.4. The van der Waals surface area contributed by atoms with Gasteiger partial charge in [-0.1, -0.05) is 77.4 Å². The summed E-state index contributed by atoms with van der Waals surface area (Å²) < 4.78 is 6.64. The number of benzene rings is 1.